The molecular weight excluding hydrogens is 394 g/mol. The highest BCUT2D eigenvalue weighted by atomic mass is 16.4. The lowest BCUT2D eigenvalue weighted by molar-refractivity contribution is -0.142. The third-order valence-electron chi connectivity index (χ3n) is 5.76. The second kappa shape index (κ2) is 21.6. The minimum absolute atomic E-state index is 0.140. The zero-order chi connectivity index (χ0) is 23.2. The van der Waals surface area contributed by atoms with Crippen LogP contribution in [0.1, 0.15) is 135 Å². The molecule has 3 N–H and O–H groups in total. The molecule has 0 radical (unpaired) electrons. The van der Waals surface area contributed by atoms with E-state index in [0.29, 0.717) is 19.3 Å². The number of hydrogen-bond donors (Lipinski definition) is 3. The van der Waals surface area contributed by atoms with Gasteiger partial charge in [0.2, 0.25) is 5.91 Å². The van der Waals surface area contributed by atoms with Crippen molar-refractivity contribution in [1.82, 2.24) is 5.32 Å². The molecular formula is C25H47NO5. The maximum Gasteiger partial charge on any atom is 0.326 e. The monoisotopic (exact) mass is 441 g/mol. The molecule has 0 saturated carbocycles. The van der Waals surface area contributed by atoms with Crippen molar-refractivity contribution in [3.8, 4) is 0 Å². The van der Waals surface area contributed by atoms with Gasteiger partial charge < -0.3 is 15.5 Å². The van der Waals surface area contributed by atoms with Crippen LogP contribution in [-0.2, 0) is 14.4 Å². The molecule has 1 amide bonds. The number of amides is 1. The molecule has 0 aromatic carbocycles. The quantitative estimate of drug-likeness (QED) is 0.158. The molecule has 0 heterocycles. The fourth-order valence-corrected chi connectivity index (χ4v) is 3.85. The number of carboxylic acids is 2. The van der Waals surface area contributed by atoms with Gasteiger partial charge in [0, 0.05) is 12.8 Å². The summed E-state index contributed by atoms with van der Waals surface area (Å²) < 4.78 is 0. The molecule has 0 unspecified atom stereocenters. The summed E-state index contributed by atoms with van der Waals surface area (Å²) in [5.74, 6) is -1.77. The fourth-order valence-electron chi connectivity index (χ4n) is 3.85. The Morgan fingerprint density at radius 3 is 1.29 bits per heavy atom. The van der Waals surface area contributed by atoms with Gasteiger partial charge in [-0.25, -0.2) is 4.79 Å². The van der Waals surface area contributed by atoms with E-state index in [9.17, 15) is 14.4 Å². The number of carboxylic acid groups (broad SMARTS) is 2. The van der Waals surface area contributed by atoms with Gasteiger partial charge in [0.15, 0.2) is 0 Å². The number of aliphatic carboxylic acids is 2. The van der Waals surface area contributed by atoms with E-state index in [-0.39, 0.29) is 5.91 Å². The Morgan fingerprint density at radius 1 is 0.613 bits per heavy atom. The molecule has 1 atom stereocenters. The highest BCUT2D eigenvalue weighted by molar-refractivity contribution is 5.83. The van der Waals surface area contributed by atoms with Crippen LogP contribution in [0.4, 0.5) is 0 Å². The molecule has 0 aromatic heterocycles. The Hall–Kier alpha value is -1.59. The average Bonchev–Trinajstić information content (AvgIpc) is 2.72. The zero-order valence-corrected chi connectivity index (χ0v) is 19.8. The number of rotatable bonds is 23. The first-order valence-electron chi connectivity index (χ1n) is 12.7. The van der Waals surface area contributed by atoms with Crippen molar-refractivity contribution in [1.29, 1.82) is 0 Å². The van der Waals surface area contributed by atoms with Gasteiger partial charge in [-0.05, 0) is 19.3 Å². The topological polar surface area (TPSA) is 104 Å². The molecule has 0 saturated heterocycles. The second-order valence-electron chi connectivity index (χ2n) is 8.80. The van der Waals surface area contributed by atoms with Crippen LogP contribution in [0.3, 0.4) is 0 Å². The van der Waals surface area contributed by atoms with Gasteiger partial charge in [0.05, 0.1) is 0 Å². The minimum Gasteiger partial charge on any atom is -0.481 e. The molecule has 6 heteroatoms. The molecule has 0 aromatic rings. The van der Waals surface area contributed by atoms with Crippen LogP contribution in [0.25, 0.3) is 0 Å². The van der Waals surface area contributed by atoms with Crippen LogP contribution >= 0.6 is 0 Å². The number of unbranched alkanes of at least 4 members (excludes halogenated alkanes) is 15. The van der Waals surface area contributed by atoms with Crippen molar-refractivity contribution in [2.24, 2.45) is 0 Å². The van der Waals surface area contributed by atoms with E-state index in [1.807, 2.05) is 6.92 Å². The molecule has 182 valence electrons. The predicted molar refractivity (Wildman–Crippen MR) is 125 cm³/mol. The molecule has 0 aliphatic heterocycles. The number of nitrogens with one attached hydrogen (secondary N) is 1. The largest absolute Gasteiger partial charge is 0.481 e. The second-order valence-corrected chi connectivity index (χ2v) is 8.80. The molecule has 6 nitrogen and oxygen atoms in total. The van der Waals surface area contributed by atoms with Crippen molar-refractivity contribution in [3.05, 3.63) is 0 Å². The van der Waals surface area contributed by atoms with Crippen LogP contribution in [0.15, 0.2) is 0 Å². The molecule has 0 aliphatic carbocycles. The summed E-state index contributed by atoms with van der Waals surface area (Å²) in [6, 6.07) is -0.743. The Bertz CT molecular complexity index is 467. The van der Waals surface area contributed by atoms with E-state index < -0.39 is 18.0 Å². The fraction of sp³-hybridized carbons (Fsp3) is 0.880. The number of carbonyl (C=O) groups is 3. The standard InChI is InChI=1S/C25H47NO5/c1-2-19-22(25(30)31)26-23(27)20-17-15-13-11-9-7-5-3-4-6-8-10-12-14-16-18-21-24(28)29/h22H,2-21H2,1H3,(H,26,27)(H,28,29)(H,30,31)/t22-/m0/s1. The summed E-state index contributed by atoms with van der Waals surface area (Å²) in [4.78, 5) is 33.3. The summed E-state index contributed by atoms with van der Waals surface area (Å²) >= 11 is 0. The first kappa shape index (κ1) is 29.4. The lowest BCUT2D eigenvalue weighted by Crippen LogP contribution is -2.40. The highest BCUT2D eigenvalue weighted by Crippen LogP contribution is 2.14. The summed E-state index contributed by atoms with van der Waals surface area (Å²) in [5, 5.41) is 20.3. The van der Waals surface area contributed by atoms with Crippen LogP contribution in [-0.4, -0.2) is 34.1 Å². The summed E-state index contributed by atoms with van der Waals surface area (Å²) in [5.41, 5.74) is 0. The lowest BCUT2D eigenvalue weighted by atomic mass is 10.0. The Labute approximate surface area is 189 Å². The molecule has 0 bridgehead atoms. The molecule has 0 aliphatic rings. The lowest BCUT2D eigenvalue weighted by Gasteiger charge is -2.13. The van der Waals surface area contributed by atoms with Crippen LogP contribution < -0.4 is 5.32 Å². The van der Waals surface area contributed by atoms with E-state index in [4.69, 9.17) is 10.2 Å². The number of hydrogen-bond acceptors (Lipinski definition) is 3. The SMILES string of the molecule is CCC[C@H](NC(=O)CCCCCCCCCCCCCCCCCCC(=O)O)C(=O)O. The van der Waals surface area contributed by atoms with Crippen molar-refractivity contribution in [2.45, 2.75) is 141 Å². The van der Waals surface area contributed by atoms with Gasteiger partial charge in [-0.1, -0.05) is 103 Å². The summed E-state index contributed by atoms with van der Waals surface area (Å²) in [6.45, 7) is 1.92. The molecule has 31 heavy (non-hydrogen) atoms. The van der Waals surface area contributed by atoms with Crippen molar-refractivity contribution in [2.75, 3.05) is 0 Å². The van der Waals surface area contributed by atoms with E-state index >= 15 is 0 Å². The molecule has 0 rings (SSSR count). The van der Waals surface area contributed by atoms with E-state index in [2.05, 4.69) is 5.32 Å². The van der Waals surface area contributed by atoms with E-state index in [1.165, 1.54) is 70.6 Å². The Kier molecular flexibility index (Phi) is 20.5. The molecule has 0 spiro atoms. The van der Waals surface area contributed by atoms with Crippen molar-refractivity contribution >= 4 is 17.8 Å². The summed E-state index contributed by atoms with van der Waals surface area (Å²) in [7, 11) is 0. The van der Waals surface area contributed by atoms with Crippen LogP contribution in [0, 0.1) is 0 Å². The molecule has 0 fully saturated rings. The highest BCUT2D eigenvalue weighted by Gasteiger charge is 2.18. The minimum atomic E-state index is -0.944. The van der Waals surface area contributed by atoms with E-state index in [1.54, 1.807) is 0 Å². The van der Waals surface area contributed by atoms with Crippen molar-refractivity contribution < 1.29 is 24.6 Å². The Morgan fingerprint density at radius 2 is 0.968 bits per heavy atom. The van der Waals surface area contributed by atoms with Gasteiger partial charge in [0.25, 0.3) is 0 Å². The maximum absolute atomic E-state index is 11.8. The Balaban J connectivity index is 3.29. The normalized spacial score (nSPS) is 11.9. The van der Waals surface area contributed by atoms with E-state index in [0.717, 1.165) is 38.5 Å². The van der Waals surface area contributed by atoms with Gasteiger partial charge in [-0.3, -0.25) is 9.59 Å². The predicted octanol–water partition coefficient (Wildman–Crippen LogP) is 6.46. The van der Waals surface area contributed by atoms with Gasteiger partial charge in [-0.2, -0.15) is 0 Å². The first-order chi connectivity index (χ1) is 15.0. The maximum atomic E-state index is 11.8. The average molecular weight is 442 g/mol. The van der Waals surface area contributed by atoms with Gasteiger partial charge >= 0.3 is 11.9 Å². The number of carbonyl (C=O) groups excluding carboxylic acids is 1. The van der Waals surface area contributed by atoms with Crippen LogP contribution in [0.5, 0.6) is 0 Å². The third kappa shape index (κ3) is 21.4. The van der Waals surface area contributed by atoms with Crippen LogP contribution in [0.2, 0.25) is 0 Å². The third-order valence-corrected chi connectivity index (χ3v) is 5.76. The zero-order valence-electron chi connectivity index (χ0n) is 19.8. The van der Waals surface area contributed by atoms with Gasteiger partial charge in [-0.15, -0.1) is 0 Å². The smallest absolute Gasteiger partial charge is 0.326 e. The van der Waals surface area contributed by atoms with Crippen molar-refractivity contribution in [3.63, 3.8) is 0 Å². The first-order valence-corrected chi connectivity index (χ1v) is 12.7. The van der Waals surface area contributed by atoms with Gasteiger partial charge in [0.1, 0.15) is 6.04 Å². The summed E-state index contributed by atoms with van der Waals surface area (Å²) in [6.07, 6.45) is 20.9.